The topological polar surface area (TPSA) is 83.4 Å². The number of hydrogen-bond acceptors (Lipinski definition) is 6. The summed E-state index contributed by atoms with van der Waals surface area (Å²) >= 11 is 0. The quantitative estimate of drug-likeness (QED) is 0.903. The van der Waals surface area contributed by atoms with Crippen molar-refractivity contribution in [2.24, 2.45) is 11.7 Å². The fraction of sp³-hybridized carbons (Fsp3) is 0.429. The number of nitrogens with two attached hydrogens (primary N) is 1. The fourth-order valence-electron chi connectivity index (χ4n) is 1.83. The summed E-state index contributed by atoms with van der Waals surface area (Å²) in [5.74, 6) is 2.25. The van der Waals surface area contributed by atoms with Crippen LogP contribution >= 0.6 is 0 Å². The molecule has 2 rings (SSSR count). The van der Waals surface area contributed by atoms with Crippen LogP contribution in [-0.4, -0.2) is 24.4 Å². The Morgan fingerprint density at radius 2 is 1.75 bits per heavy atom. The van der Waals surface area contributed by atoms with E-state index in [4.69, 9.17) is 19.7 Å². The maximum Gasteiger partial charge on any atom is 0.265 e. The molecule has 1 unspecified atom stereocenters. The Kier molecular flexibility index (Phi) is 4.24. The van der Waals surface area contributed by atoms with Crippen molar-refractivity contribution in [3.05, 3.63) is 24.0 Å². The van der Waals surface area contributed by atoms with Crippen molar-refractivity contribution in [3.63, 3.8) is 0 Å². The van der Waals surface area contributed by atoms with Gasteiger partial charge in [0, 0.05) is 0 Å². The molecule has 1 aromatic carbocycles. The van der Waals surface area contributed by atoms with Crippen LogP contribution < -0.4 is 15.2 Å². The predicted octanol–water partition coefficient (Wildman–Crippen LogP) is 2.41. The summed E-state index contributed by atoms with van der Waals surface area (Å²) in [6.45, 7) is 4.01. The summed E-state index contributed by atoms with van der Waals surface area (Å²) in [6, 6.07) is 5.18. The van der Waals surface area contributed by atoms with Crippen LogP contribution in [0.4, 0.5) is 0 Å². The van der Waals surface area contributed by atoms with Crippen molar-refractivity contribution in [2.45, 2.75) is 19.9 Å². The molecule has 0 spiro atoms. The second kappa shape index (κ2) is 5.92. The molecule has 6 nitrogen and oxygen atoms in total. The summed E-state index contributed by atoms with van der Waals surface area (Å²) in [7, 11) is 3.16. The van der Waals surface area contributed by atoms with Crippen LogP contribution in [0.1, 0.15) is 25.7 Å². The summed E-state index contributed by atoms with van der Waals surface area (Å²) in [5.41, 5.74) is 6.65. The van der Waals surface area contributed by atoms with Crippen molar-refractivity contribution in [1.29, 1.82) is 0 Å². The van der Waals surface area contributed by atoms with E-state index >= 15 is 0 Å². The van der Waals surface area contributed by atoms with E-state index in [1.54, 1.807) is 14.2 Å². The minimum atomic E-state index is -0.270. The minimum Gasteiger partial charge on any atom is -0.496 e. The number of nitrogens with zero attached hydrogens (tertiary/aromatic N) is 2. The van der Waals surface area contributed by atoms with Crippen molar-refractivity contribution < 1.29 is 14.0 Å². The zero-order chi connectivity index (χ0) is 14.7. The lowest BCUT2D eigenvalue weighted by atomic mass is 10.1. The van der Waals surface area contributed by atoms with Crippen molar-refractivity contribution in [2.75, 3.05) is 14.2 Å². The van der Waals surface area contributed by atoms with E-state index < -0.39 is 0 Å². The second-order valence-corrected chi connectivity index (χ2v) is 4.77. The highest BCUT2D eigenvalue weighted by molar-refractivity contribution is 5.70. The lowest BCUT2D eigenvalue weighted by Gasteiger charge is -2.10. The molecule has 6 heteroatoms. The van der Waals surface area contributed by atoms with Gasteiger partial charge >= 0.3 is 0 Å². The van der Waals surface area contributed by atoms with E-state index in [2.05, 4.69) is 10.1 Å². The zero-order valence-electron chi connectivity index (χ0n) is 12.1. The molecule has 2 N–H and O–H groups in total. The first-order chi connectivity index (χ1) is 9.58. The number of benzene rings is 1. The van der Waals surface area contributed by atoms with Crippen LogP contribution in [0.15, 0.2) is 22.7 Å². The zero-order valence-corrected chi connectivity index (χ0v) is 12.1. The Bertz CT molecular complexity index is 559. The Morgan fingerprint density at radius 3 is 2.25 bits per heavy atom. The molecule has 0 bridgehead atoms. The van der Waals surface area contributed by atoms with Gasteiger partial charge in [-0.3, -0.25) is 0 Å². The van der Waals surface area contributed by atoms with E-state index in [-0.39, 0.29) is 12.0 Å². The Labute approximate surface area is 117 Å². The average molecular weight is 277 g/mol. The Balaban J connectivity index is 2.47. The highest BCUT2D eigenvalue weighted by Crippen LogP contribution is 2.37. The minimum absolute atomic E-state index is 0.222. The SMILES string of the molecule is COc1cccc(OC)c1-c1nc(C(N)C(C)C)no1. The van der Waals surface area contributed by atoms with E-state index in [9.17, 15) is 0 Å². The van der Waals surface area contributed by atoms with Crippen molar-refractivity contribution in [1.82, 2.24) is 10.1 Å². The molecule has 0 radical (unpaired) electrons. The molecule has 0 saturated carbocycles. The monoisotopic (exact) mass is 277 g/mol. The standard InChI is InChI=1S/C14H19N3O3/c1-8(2)12(15)13-16-14(20-17-13)11-9(18-3)6-5-7-10(11)19-4/h5-8,12H,15H2,1-4H3. The van der Waals surface area contributed by atoms with Gasteiger partial charge in [-0.1, -0.05) is 25.1 Å². The molecular weight excluding hydrogens is 258 g/mol. The van der Waals surface area contributed by atoms with Gasteiger partial charge in [-0.25, -0.2) is 0 Å². The molecule has 1 atom stereocenters. The predicted molar refractivity (Wildman–Crippen MR) is 74.6 cm³/mol. The molecule has 1 heterocycles. The molecule has 20 heavy (non-hydrogen) atoms. The van der Waals surface area contributed by atoms with Crippen LogP contribution in [0.25, 0.3) is 11.5 Å². The molecule has 0 saturated heterocycles. The van der Waals surface area contributed by atoms with E-state index in [0.29, 0.717) is 28.8 Å². The van der Waals surface area contributed by atoms with Crippen LogP contribution in [0.3, 0.4) is 0 Å². The number of ether oxygens (including phenoxy) is 2. The van der Waals surface area contributed by atoms with Gasteiger partial charge in [-0.15, -0.1) is 0 Å². The van der Waals surface area contributed by atoms with Crippen LogP contribution in [-0.2, 0) is 0 Å². The van der Waals surface area contributed by atoms with Crippen molar-refractivity contribution in [3.8, 4) is 23.0 Å². The fourth-order valence-corrected chi connectivity index (χ4v) is 1.83. The maximum absolute atomic E-state index is 6.02. The molecule has 0 amide bonds. The number of aromatic nitrogens is 2. The number of hydrogen-bond donors (Lipinski definition) is 1. The van der Waals surface area contributed by atoms with Gasteiger partial charge in [0.15, 0.2) is 5.82 Å². The molecule has 0 aliphatic heterocycles. The summed E-state index contributed by atoms with van der Waals surface area (Å²) in [4.78, 5) is 4.36. The summed E-state index contributed by atoms with van der Waals surface area (Å²) < 4.78 is 15.9. The number of methoxy groups -OCH3 is 2. The largest absolute Gasteiger partial charge is 0.496 e. The number of rotatable bonds is 5. The van der Waals surface area contributed by atoms with Gasteiger partial charge in [0.2, 0.25) is 0 Å². The molecule has 0 fully saturated rings. The van der Waals surface area contributed by atoms with Crippen LogP contribution in [0, 0.1) is 5.92 Å². The first-order valence-electron chi connectivity index (χ1n) is 6.39. The van der Waals surface area contributed by atoms with Gasteiger partial charge in [0.05, 0.1) is 20.3 Å². The lowest BCUT2D eigenvalue weighted by Crippen LogP contribution is -2.18. The third-order valence-electron chi connectivity index (χ3n) is 3.10. The lowest BCUT2D eigenvalue weighted by molar-refractivity contribution is 0.380. The second-order valence-electron chi connectivity index (χ2n) is 4.77. The first kappa shape index (κ1) is 14.3. The van der Waals surface area contributed by atoms with E-state index in [1.807, 2.05) is 32.0 Å². The molecule has 2 aromatic rings. The van der Waals surface area contributed by atoms with Crippen LogP contribution in [0.2, 0.25) is 0 Å². The van der Waals surface area contributed by atoms with Gasteiger partial charge in [0.1, 0.15) is 17.1 Å². The third-order valence-corrected chi connectivity index (χ3v) is 3.10. The van der Waals surface area contributed by atoms with Crippen LogP contribution in [0.5, 0.6) is 11.5 Å². The first-order valence-corrected chi connectivity index (χ1v) is 6.39. The normalized spacial score (nSPS) is 12.5. The maximum atomic E-state index is 6.02. The van der Waals surface area contributed by atoms with Crippen molar-refractivity contribution >= 4 is 0 Å². The third kappa shape index (κ3) is 2.60. The summed E-state index contributed by atoms with van der Waals surface area (Å²) in [6.07, 6.45) is 0. The molecule has 0 aliphatic carbocycles. The Hall–Kier alpha value is -2.08. The molecule has 108 valence electrons. The summed E-state index contributed by atoms with van der Waals surface area (Å²) in [5, 5.41) is 3.94. The molecule has 0 aliphatic rings. The highest BCUT2D eigenvalue weighted by Gasteiger charge is 2.22. The van der Waals surface area contributed by atoms with E-state index in [1.165, 1.54) is 0 Å². The average Bonchev–Trinajstić information content (AvgIpc) is 2.94. The van der Waals surface area contributed by atoms with Gasteiger partial charge in [0.25, 0.3) is 5.89 Å². The van der Waals surface area contributed by atoms with Gasteiger partial charge < -0.3 is 19.7 Å². The van der Waals surface area contributed by atoms with Gasteiger partial charge in [-0.05, 0) is 18.1 Å². The molecular formula is C14H19N3O3. The smallest absolute Gasteiger partial charge is 0.265 e. The molecule has 1 aromatic heterocycles. The Morgan fingerprint density at radius 1 is 1.15 bits per heavy atom. The highest BCUT2D eigenvalue weighted by atomic mass is 16.5. The van der Waals surface area contributed by atoms with E-state index in [0.717, 1.165) is 0 Å². The van der Waals surface area contributed by atoms with Gasteiger partial charge in [-0.2, -0.15) is 4.98 Å².